The van der Waals surface area contributed by atoms with Crippen LogP contribution in [0.4, 0.5) is 0 Å². The SMILES string of the molecule is Br.CC(CN=C(N)N1CC2CC2C1)COCc1ccccc1. The molecule has 1 aromatic carbocycles. The molecule has 122 valence electrons. The first-order valence-corrected chi connectivity index (χ1v) is 7.89. The quantitative estimate of drug-likeness (QED) is 0.621. The van der Waals surface area contributed by atoms with Gasteiger partial charge in [-0.05, 0) is 29.7 Å². The molecule has 0 radical (unpaired) electrons. The van der Waals surface area contributed by atoms with Crippen LogP contribution in [-0.4, -0.2) is 37.1 Å². The fourth-order valence-corrected chi connectivity index (χ4v) is 2.94. The van der Waals surface area contributed by atoms with Crippen LogP contribution in [0.25, 0.3) is 0 Å². The number of piperidine rings is 1. The Morgan fingerprint density at radius 2 is 2.00 bits per heavy atom. The fraction of sp³-hybridized carbons (Fsp3) is 0.588. The van der Waals surface area contributed by atoms with Crippen molar-refractivity contribution in [1.29, 1.82) is 0 Å². The van der Waals surface area contributed by atoms with Crippen molar-refractivity contribution in [3.8, 4) is 0 Å². The summed E-state index contributed by atoms with van der Waals surface area (Å²) in [6, 6.07) is 10.3. The van der Waals surface area contributed by atoms with Gasteiger partial charge in [-0.25, -0.2) is 0 Å². The van der Waals surface area contributed by atoms with Crippen LogP contribution in [-0.2, 0) is 11.3 Å². The first-order valence-electron chi connectivity index (χ1n) is 7.89. The summed E-state index contributed by atoms with van der Waals surface area (Å²) in [5.74, 6) is 2.90. The zero-order chi connectivity index (χ0) is 14.7. The third-order valence-corrected chi connectivity index (χ3v) is 4.38. The molecule has 0 spiro atoms. The van der Waals surface area contributed by atoms with Gasteiger partial charge in [-0.2, -0.15) is 0 Å². The molecule has 4 nitrogen and oxygen atoms in total. The Hall–Kier alpha value is -1.07. The Morgan fingerprint density at radius 3 is 2.68 bits per heavy atom. The van der Waals surface area contributed by atoms with Crippen LogP contribution in [0.5, 0.6) is 0 Å². The largest absolute Gasteiger partial charge is 0.376 e. The van der Waals surface area contributed by atoms with E-state index in [4.69, 9.17) is 10.5 Å². The van der Waals surface area contributed by atoms with Crippen LogP contribution < -0.4 is 5.73 Å². The maximum absolute atomic E-state index is 6.06. The predicted molar refractivity (Wildman–Crippen MR) is 95.2 cm³/mol. The lowest BCUT2D eigenvalue weighted by Gasteiger charge is -2.19. The van der Waals surface area contributed by atoms with E-state index in [1.54, 1.807) is 0 Å². The van der Waals surface area contributed by atoms with Gasteiger partial charge < -0.3 is 15.4 Å². The first kappa shape index (κ1) is 17.3. The van der Waals surface area contributed by atoms with Gasteiger partial charge in [0.1, 0.15) is 0 Å². The lowest BCUT2D eigenvalue weighted by atomic mass is 10.2. The number of aliphatic imine (C=N–C) groups is 1. The number of nitrogens with two attached hydrogens (primary N) is 1. The molecular formula is C17H26BrN3O. The number of guanidine groups is 1. The Morgan fingerprint density at radius 1 is 1.32 bits per heavy atom. The molecule has 2 fully saturated rings. The molecule has 22 heavy (non-hydrogen) atoms. The number of fused-ring (bicyclic) bond motifs is 1. The predicted octanol–water partition coefficient (Wildman–Crippen LogP) is 2.68. The lowest BCUT2D eigenvalue weighted by Crippen LogP contribution is -2.37. The van der Waals surface area contributed by atoms with Crippen molar-refractivity contribution in [1.82, 2.24) is 4.90 Å². The van der Waals surface area contributed by atoms with E-state index in [2.05, 4.69) is 28.9 Å². The second-order valence-electron chi connectivity index (χ2n) is 6.47. The molecular weight excluding hydrogens is 342 g/mol. The number of ether oxygens (including phenoxy) is 1. The summed E-state index contributed by atoms with van der Waals surface area (Å²) in [4.78, 5) is 6.76. The van der Waals surface area contributed by atoms with Crippen molar-refractivity contribution in [2.24, 2.45) is 28.5 Å². The summed E-state index contributed by atoms with van der Waals surface area (Å²) < 4.78 is 5.74. The average Bonchev–Trinajstić information content (AvgIpc) is 3.12. The lowest BCUT2D eigenvalue weighted by molar-refractivity contribution is 0.0944. The van der Waals surface area contributed by atoms with Crippen molar-refractivity contribution in [3.63, 3.8) is 0 Å². The number of likely N-dealkylation sites (tertiary alicyclic amines) is 1. The molecule has 0 aromatic heterocycles. The van der Waals surface area contributed by atoms with Gasteiger partial charge in [0, 0.05) is 19.6 Å². The topological polar surface area (TPSA) is 50.8 Å². The maximum atomic E-state index is 6.06. The van der Waals surface area contributed by atoms with E-state index in [1.165, 1.54) is 12.0 Å². The molecule has 3 rings (SSSR count). The number of halogens is 1. The summed E-state index contributed by atoms with van der Waals surface area (Å²) in [7, 11) is 0. The zero-order valence-corrected chi connectivity index (χ0v) is 14.9. The van der Waals surface area contributed by atoms with E-state index in [0.29, 0.717) is 12.5 Å². The van der Waals surface area contributed by atoms with Crippen LogP contribution >= 0.6 is 17.0 Å². The smallest absolute Gasteiger partial charge is 0.191 e. The molecule has 1 aliphatic carbocycles. The molecule has 1 aromatic rings. The summed E-state index contributed by atoms with van der Waals surface area (Å²) in [5.41, 5.74) is 7.28. The highest BCUT2D eigenvalue weighted by atomic mass is 79.9. The van der Waals surface area contributed by atoms with Crippen molar-refractivity contribution >= 4 is 22.9 Å². The van der Waals surface area contributed by atoms with Gasteiger partial charge in [0.15, 0.2) is 5.96 Å². The highest BCUT2D eigenvalue weighted by molar-refractivity contribution is 8.93. The second-order valence-corrected chi connectivity index (χ2v) is 6.47. The first-order chi connectivity index (χ1) is 10.2. The monoisotopic (exact) mass is 367 g/mol. The molecule has 2 N–H and O–H groups in total. The minimum atomic E-state index is 0. The Kier molecular flexibility index (Phi) is 6.26. The molecule has 1 saturated heterocycles. The van der Waals surface area contributed by atoms with Gasteiger partial charge in [-0.15, -0.1) is 17.0 Å². The van der Waals surface area contributed by atoms with E-state index >= 15 is 0 Å². The van der Waals surface area contributed by atoms with E-state index < -0.39 is 0 Å². The molecule has 3 atom stereocenters. The van der Waals surface area contributed by atoms with Crippen LogP contribution in [0, 0.1) is 17.8 Å². The second kappa shape index (κ2) is 7.97. The highest BCUT2D eigenvalue weighted by Gasteiger charge is 2.45. The summed E-state index contributed by atoms with van der Waals surface area (Å²) in [5, 5.41) is 0. The number of hydrogen-bond donors (Lipinski definition) is 1. The van der Waals surface area contributed by atoms with Crippen LogP contribution in [0.15, 0.2) is 35.3 Å². The van der Waals surface area contributed by atoms with Gasteiger partial charge in [-0.1, -0.05) is 37.3 Å². The minimum Gasteiger partial charge on any atom is -0.376 e. The van der Waals surface area contributed by atoms with Crippen LogP contribution in [0.2, 0.25) is 0 Å². The summed E-state index contributed by atoms with van der Waals surface area (Å²) >= 11 is 0. The van der Waals surface area contributed by atoms with Gasteiger partial charge in [0.25, 0.3) is 0 Å². The van der Waals surface area contributed by atoms with E-state index in [0.717, 1.165) is 44.0 Å². The van der Waals surface area contributed by atoms with Gasteiger partial charge >= 0.3 is 0 Å². The maximum Gasteiger partial charge on any atom is 0.191 e. The van der Waals surface area contributed by atoms with Crippen molar-refractivity contribution in [2.45, 2.75) is 20.0 Å². The standard InChI is InChI=1S/C17H25N3O.BrH/c1-13(11-21-12-14-5-3-2-4-6-14)8-19-17(18)20-9-15-7-16(15)10-20;/h2-6,13,15-16H,7-12H2,1H3,(H2,18,19);1H. The summed E-state index contributed by atoms with van der Waals surface area (Å²) in [6.07, 6.45) is 1.40. The summed E-state index contributed by atoms with van der Waals surface area (Å²) in [6.45, 7) is 6.50. The van der Waals surface area contributed by atoms with E-state index in [9.17, 15) is 0 Å². The third-order valence-electron chi connectivity index (χ3n) is 4.38. The van der Waals surface area contributed by atoms with E-state index in [1.807, 2.05) is 18.2 Å². The Bertz CT molecular complexity index is 484. The molecule has 5 heteroatoms. The normalized spacial score (nSPS) is 24.6. The molecule has 0 bridgehead atoms. The Labute approximate surface area is 143 Å². The van der Waals surface area contributed by atoms with Crippen LogP contribution in [0.3, 0.4) is 0 Å². The molecule has 3 unspecified atom stereocenters. The highest BCUT2D eigenvalue weighted by Crippen LogP contribution is 2.44. The Balaban J connectivity index is 0.00000176. The number of benzene rings is 1. The number of rotatable bonds is 6. The van der Waals surface area contributed by atoms with Crippen LogP contribution in [0.1, 0.15) is 18.9 Å². The van der Waals surface area contributed by atoms with Gasteiger partial charge in [-0.3, -0.25) is 4.99 Å². The van der Waals surface area contributed by atoms with E-state index in [-0.39, 0.29) is 17.0 Å². The molecule has 1 saturated carbocycles. The number of hydrogen-bond acceptors (Lipinski definition) is 2. The van der Waals surface area contributed by atoms with Crippen molar-refractivity contribution in [2.75, 3.05) is 26.2 Å². The van der Waals surface area contributed by atoms with Crippen molar-refractivity contribution < 1.29 is 4.74 Å². The number of nitrogens with zero attached hydrogens (tertiary/aromatic N) is 2. The fourth-order valence-electron chi connectivity index (χ4n) is 2.94. The average molecular weight is 368 g/mol. The molecule has 1 heterocycles. The third kappa shape index (κ3) is 4.71. The van der Waals surface area contributed by atoms with Gasteiger partial charge in [0.05, 0.1) is 13.2 Å². The van der Waals surface area contributed by atoms with Gasteiger partial charge in [0.2, 0.25) is 0 Å². The van der Waals surface area contributed by atoms with Crippen molar-refractivity contribution in [3.05, 3.63) is 35.9 Å². The molecule has 1 aliphatic heterocycles. The zero-order valence-electron chi connectivity index (χ0n) is 13.1. The molecule has 0 amide bonds. The molecule has 2 aliphatic rings. The minimum absolute atomic E-state index is 0.